The van der Waals surface area contributed by atoms with Crippen LogP contribution in [-0.4, -0.2) is 66.4 Å². The predicted molar refractivity (Wildman–Crippen MR) is 163 cm³/mol. The summed E-state index contributed by atoms with van der Waals surface area (Å²) in [6.45, 7) is 5.64. The molecule has 2 aromatic heterocycles. The number of hydrogen-bond acceptors (Lipinski definition) is 10. The molecule has 0 spiro atoms. The normalized spacial score (nSPS) is 12.5. The molecule has 0 aliphatic rings. The maximum atomic E-state index is 13.3. The van der Waals surface area contributed by atoms with Crippen LogP contribution >= 0.6 is 11.6 Å². The zero-order chi connectivity index (χ0) is 31.5. The Labute approximate surface area is 260 Å². The number of carbonyl (C=O) groups excluding carboxylic acids is 2. The molecule has 2 heterocycles. The van der Waals surface area contributed by atoms with Gasteiger partial charge in [0.25, 0.3) is 0 Å². The molecule has 4 aromatic rings. The van der Waals surface area contributed by atoms with Gasteiger partial charge in [0.15, 0.2) is 10.8 Å². The number of ether oxygens (including phenoxy) is 3. The number of aliphatic hydroxyl groups excluding tert-OH is 1. The molecule has 234 valence electrons. The van der Waals surface area contributed by atoms with Crippen LogP contribution in [0.15, 0.2) is 48.5 Å². The Morgan fingerprint density at radius 1 is 1.02 bits per heavy atom. The number of H-pyrrole nitrogens is 1. The van der Waals surface area contributed by atoms with E-state index in [2.05, 4.69) is 32.5 Å². The Balaban J connectivity index is 1.46. The van der Waals surface area contributed by atoms with E-state index >= 15 is 0 Å². The van der Waals surface area contributed by atoms with Gasteiger partial charge in [0, 0.05) is 25.5 Å². The third kappa shape index (κ3) is 8.87. The van der Waals surface area contributed by atoms with Gasteiger partial charge in [-0.05, 0) is 54.5 Å². The highest BCUT2D eigenvalue weighted by Gasteiger charge is 2.26. The number of aromatic amines is 1. The van der Waals surface area contributed by atoms with E-state index in [0.29, 0.717) is 43.9 Å². The molecule has 0 bridgehead atoms. The fraction of sp³-hybridized carbons (Fsp3) is 0.419. The average molecular weight is 625 g/mol. The van der Waals surface area contributed by atoms with Gasteiger partial charge in [0.2, 0.25) is 12.1 Å². The molecule has 4 rings (SSSR count). The largest absolute Gasteiger partial charge is 0.511 e. The van der Waals surface area contributed by atoms with Crippen molar-refractivity contribution in [1.82, 2.24) is 30.2 Å². The summed E-state index contributed by atoms with van der Waals surface area (Å²) in [5.74, 6) is 0.384. The molecule has 13 heteroatoms. The Morgan fingerprint density at radius 2 is 1.77 bits per heavy atom. The maximum absolute atomic E-state index is 13.3. The summed E-state index contributed by atoms with van der Waals surface area (Å²) >= 11 is 6.47. The van der Waals surface area contributed by atoms with Gasteiger partial charge in [0.05, 0.1) is 12.7 Å². The summed E-state index contributed by atoms with van der Waals surface area (Å²) in [4.78, 5) is 29.8. The van der Waals surface area contributed by atoms with Crippen molar-refractivity contribution in [3.05, 3.63) is 70.8 Å². The van der Waals surface area contributed by atoms with E-state index in [1.54, 1.807) is 11.5 Å². The smallest absolute Gasteiger partial charge is 0.434 e. The van der Waals surface area contributed by atoms with Crippen LogP contribution in [0, 0.1) is 0 Å². The van der Waals surface area contributed by atoms with Crippen molar-refractivity contribution in [1.29, 1.82) is 0 Å². The molecule has 0 fully saturated rings. The van der Waals surface area contributed by atoms with Gasteiger partial charge < -0.3 is 23.9 Å². The molecule has 2 N–H and O–H groups in total. The second-order valence-corrected chi connectivity index (χ2v) is 10.7. The Kier molecular flexibility index (Phi) is 11.8. The van der Waals surface area contributed by atoms with Crippen molar-refractivity contribution in [3.8, 4) is 22.5 Å². The van der Waals surface area contributed by atoms with Crippen LogP contribution in [-0.2, 0) is 27.2 Å². The molecule has 0 radical (unpaired) electrons. The standard InChI is InChI=1S/C31H37ClN6O6/c1-4-5-13-26-33-28(32)27(30(40)43-21(3)44-31(41)42-18-9-8-10-20(2)39)38(26)19-22-14-16-23(17-15-22)24-11-6-7-12-25(24)29-34-36-37-35-29/h6-7,11-12,14-17,20-21,39H,4-5,8-10,13,18-19H2,1-3H3,(H,34,35,36,37)/t20-,21?/m0/s1. The Hall–Kier alpha value is -4.29. The molecule has 44 heavy (non-hydrogen) atoms. The number of carbonyl (C=O) groups is 2. The number of nitrogens with one attached hydrogen (secondary N) is 1. The first-order chi connectivity index (χ1) is 21.3. The van der Waals surface area contributed by atoms with Gasteiger partial charge in [-0.2, -0.15) is 5.21 Å². The number of rotatable bonds is 15. The van der Waals surface area contributed by atoms with E-state index in [1.807, 2.05) is 48.5 Å². The van der Waals surface area contributed by atoms with Crippen LogP contribution in [0.2, 0.25) is 5.15 Å². The molecular formula is C31H37ClN6O6. The highest BCUT2D eigenvalue weighted by Crippen LogP contribution is 2.30. The lowest BCUT2D eigenvalue weighted by Crippen LogP contribution is -2.24. The van der Waals surface area contributed by atoms with Crippen molar-refractivity contribution in [2.24, 2.45) is 0 Å². The second kappa shape index (κ2) is 16.0. The first-order valence-corrected chi connectivity index (χ1v) is 15.0. The highest BCUT2D eigenvalue weighted by atomic mass is 35.5. The number of halogens is 1. The number of aliphatic hydroxyl groups is 1. The average Bonchev–Trinajstić information content (AvgIpc) is 3.64. The van der Waals surface area contributed by atoms with Crippen molar-refractivity contribution < 1.29 is 28.9 Å². The first-order valence-electron chi connectivity index (χ1n) is 14.7. The van der Waals surface area contributed by atoms with Crippen LogP contribution < -0.4 is 0 Å². The zero-order valence-electron chi connectivity index (χ0n) is 25.0. The third-order valence-corrected chi connectivity index (χ3v) is 7.11. The monoisotopic (exact) mass is 624 g/mol. The summed E-state index contributed by atoms with van der Waals surface area (Å²) in [5.41, 5.74) is 3.75. The number of tetrazole rings is 1. The summed E-state index contributed by atoms with van der Waals surface area (Å²) < 4.78 is 17.3. The minimum Gasteiger partial charge on any atom is -0.434 e. The van der Waals surface area contributed by atoms with Crippen LogP contribution in [0.5, 0.6) is 0 Å². The summed E-state index contributed by atoms with van der Waals surface area (Å²) in [6, 6.07) is 15.7. The van der Waals surface area contributed by atoms with Gasteiger partial charge in [-0.25, -0.2) is 14.6 Å². The van der Waals surface area contributed by atoms with E-state index in [9.17, 15) is 14.7 Å². The molecule has 1 unspecified atom stereocenters. The molecule has 0 saturated heterocycles. The number of unbranched alkanes of at least 4 members (excludes halogenated alkanes) is 2. The Morgan fingerprint density at radius 3 is 2.45 bits per heavy atom. The minimum atomic E-state index is -1.22. The molecule has 0 saturated carbocycles. The summed E-state index contributed by atoms with van der Waals surface area (Å²) in [7, 11) is 0. The second-order valence-electron chi connectivity index (χ2n) is 10.4. The molecule has 0 aliphatic carbocycles. The van der Waals surface area contributed by atoms with Gasteiger partial charge in [-0.3, -0.25) is 0 Å². The van der Waals surface area contributed by atoms with Crippen molar-refractivity contribution in [2.45, 2.75) is 78.2 Å². The van der Waals surface area contributed by atoms with Crippen LogP contribution in [0.25, 0.3) is 22.5 Å². The molecule has 2 aromatic carbocycles. The van der Waals surface area contributed by atoms with Crippen LogP contribution in [0.1, 0.15) is 74.8 Å². The fourth-order valence-electron chi connectivity index (χ4n) is 4.63. The number of hydrogen-bond donors (Lipinski definition) is 2. The number of aryl methyl sites for hydroxylation is 1. The van der Waals surface area contributed by atoms with Crippen LogP contribution in [0.3, 0.4) is 0 Å². The molecule has 0 aliphatic heterocycles. The molecule has 12 nitrogen and oxygen atoms in total. The lowest BCUT2D eigenvalue weighted by atomic mass is 9.98. The van der Waals surface area contributed by atoms with E-state index in [-0.39, 0.29) is 17.5 Å². The SMILES string of the molecule is CCCCc1nc(Cl)c(C(=O)OC(C)OC(=O)OCCCC[C@H](C)O)n1Cc1ccc(-c2ccccc2-c2nn[nH]n2)cc1. The number of aromatic nitrogens is 6. The first kappa shape index (κ1) is 32.6. The molecule has 2 atom stereocenters. The number of nitrogens with zero attached hydrogens (tertiary/aromatic N) is 5. The maximum Gasteiger partial charge on any atom is 0.511 e. The lowest BCUT2D eigenvalue weighted by Gasteiger charge is -2.16. The molecule has 0 amide bonds. The van der Waals surface area contributed by atoms with E-state index < -0.39 is 24.5 Å². The van der Waals surface area contributed by atoms with Crippen molar-refractivity contribution >= 4 is 23.7 Å². The quantitative estimate of drug-likeness (QED) is 0.0916. The number of benzene rings is 2. The summed E-state index contributed by atoms with van der Waals surface area (Å²) in [5, 5.41) is 23.7. The lowest BCUT2D eigenvalue weighted by molar-refractivity contribution is -0.0825. The predicted octanol–water partition coefficient (Wildman–Crippen LogP) is 5.98. The van der Waals surface area contributed by atoms with Gasteiger partial charge in [0.1, 0.15) is 5.82 Å². The zero-order valence-corrected chi connectivity index (χ0v) is 25.8. The summed E-state index contributed by atoms with van der Waals surface area (Å²) in [6.07, 6.45) is 1.73. The van der Waals surface area contributed by atoms with E-state index in [1.165, 1.54) is 6.92 Å². The van der Waals surface area contributed by atoms with E-state index in [0.717, 1.165) is 35.1 Å². The minimum absolute atomic E-state index is 0.0136. The van der Waals surface area contributed by atoms with E-state index in [4.69, 9.17) is 25.8 Å². The Bertz CT molecular complexity index is 1510. The fourth-order valence-corrected chi connectivity index (χ4v) is 4.91. The number of imidazole rings is 1. The molecular weight excluding hydrogens is 588 g/mol. The highest BCUT2D eigenvalue weighted by molar-refractivity contribution is 6.32. The third-order valence-electron chi connectivity index (χ3n) is 6.84. The number of esters is 1. The van der Waals surface area contributed by atoms with Gasteiger partial charge in [-0.1, -0.05) is 73.5 Å². The van der Waals surface area contributed by atoms with Gasteiger partial charge in [-0.15, -0.1) is 10.2 Å². The topological polar surface area (TPSA) is 154 Å². The van der Waals surface area contributed by atoms with Crippen LogP contribution in [0.4, 0.5) is 4.79 Å². The van der Waals surface area contributed by atoms with Gasteiger partial charge >= 0.3 is 12.1 Å². The van der Waals surface area contributed by atoms with Crippen molar-refractivity contribution in [2.75, 3.05) is 6.61 Å². The van der Waals surface area contributed by atoms with Crippen molar-refractivity contribution in [3.63, 3.8) is 0 Å².